The first-order valence-electron chi connectivity index (χ1n) is 7.15. The van der Waals surface area contributed by atoms with E-state index in [0.717, 1.165) is 0 Å². The van der Waals surface area contributed by atoms with Gasteiger partial charge in [0, 0.05) is 11.9 Å². The zero-order chi connectivity index (χ0) is 16.8. The first-order valence-corrected chi connectivity index (χ1v) is 7.15. The number of hydrogen-bond donors (Lipinski definition) is 1. The van der Waals surface area contributed by atoms with Crippen LogP contribution in [0.25, 0.3) is 0 Å². The summed E-state index contributed by atoms with van der Waals surface area (Å²) in [7, 11) is 1.32. The van der Waals surface area contributed by atoms with Crippen molar-refractivity contribution in [3.05, 3.63) is 53.2 Å². The average molecular weight is 314 g/mol. The van der Waals surface area contributed by atoms with Crippen molar-refractivity contribution in [2.75, 3.05) is 19.0 Å². The maximum absolute atomic E-state index is 12.5. The normalized spacial score (nSPS) is 10.0. The van der Waals surface area contributed by atoms with Crippen molar-refractivity contribution in [3.63, 3.8) is 0 Å². The van der Waals surface area contributed by atoms with E-state index in [2.05, 4.69) is 10.3 Å². The number of anilines is 1. The van der Waals surface area contributed by atoms with E-state index in [0.29, 0.717) is 29.0 Å². The number of hydrogen-bond acceptors (Lipinski definition) is 5. The van der Waals surface area contributed by atoms with Gasteiger partial charge in [-0.05, 0) is 43.7 Å². The fourth-order valence-electron chi connectivity index (χ4n) is 2.11. The van der Waals surface area contributed by atoms with Crippen LogP contribution in [0.3, 0.4) is 0 Å². The zero-order valence-electron chi connectivity index (χ0n) is 13.3. The molecule has 1 aromatic carbocycles. The molecule has 6 nitrogen and oxygen atoms in total. The highest BCUT2D eigenvalue weighted by Gasteiger charge is 2.17. The molecule has 23 heavy (non-hydrogen) atoms. The minimum Gasteiger partial charge on any atom is -0.477 e. The van der Waals surface area contributed by atoms with E-state index in [1.807, 2.05) is 6.92 Å². The number of aromatic nitrogens is 1. The minimum absolute atomic E-state index is 0.272. The number of methoxy groups -OCH3 is 1. The average Bonchev–Trinajstić information content (AvgIpc) is 2.57. The Hall–Kier alpha value is -2.89. The molecule has 0 bridgehead atoms. The molecule has 1 amide bonds. The first-order chi connectivity index (χ1) is 11.1. The molecule has 6 heteroatoms. The molecule has 0 saturated heterocycles. The number of esters is 1. The van der Waals surface area contributed by atoms with Crippen LogP contribution in [0.4, 0.5) is 5.69 Å². The molecule has 0 unspecified atom stereocenters. The summed E-state index contributed by atoms with van der Waals surface area (Å²) in [5.41, 5.74) is 1.90. The highest BCUT2D eigenvalue weighted by Crippen LogP contribution is 2.22. The van der Waals surface area contributed by atoms with Gasteiger partial charge in [-0.25, -0.2) is 9.78 Å². The van der Waals surface area contributed by atoms with E-state index >= 15 is 0 Å². The number of carbonyl (C=O) groups excluding carboxylic acids is 2. The first kappa shape index (κ1) is 16.5. The summed E-state index contributed by atoms with van der Waals surface area (Å²) in [5, 5.41) is 2.78. The highest BCUT2D eigenvalue weighted by molar-refractivity contribution is 6.07. The largest absolute Gasteiger partial charge is 0.477 e. The number of amides is 1. The van der Waals surface area contributed by atoms with Crippen LogP contribution in [-0.2, 0) is 4.74 Å². The van der Waals surface area contributed by atoms with Gasteiger partial charge in [-0.1, -0.05) is 6.07 Å². The van der Waals surface area contributed by atoms with Crippen LogP contribution >= 0.6 is 0 Å². The van der Waals surface area contributed by atoms with Crippen molar-refractivity contribution >= 4 is 17.6 Å². The molecule has 1 heterocycles. The third-order valence-corrected chi connectivity index (χ3v) is 3.28. The molecule has 0 aliphatic carbocycles. The Morgan fingerprint density at radius 1 is 1.17 bits per heavy atom. The van der Waals surface area contributed by atoms with Crippen LogP contribution in [0.2, 0.25) is 0 Å². The van der Waals surface area contributed by atoms with Crippen LogP contribution in [0.5, 0.6) is 5.88 Å². The van der Waals surface area contributed by atoms with E-state index in [9.17, 15) is 9.59 Å². The summed E-state index contributed by atoms with van der Waals surface area (Å²) in [6, 6.07) is 8.34. The van der Waals surface area contributed by atoms with Gasteiger partial charge in [0.15, 0.2) is 0 Å². The van der Waals surface area contributed by atoms with Gasteiger partial charge >= 0.3 is 5.97 Å². The van der Waals surface area contributed by atoms with Crippen molar-refractivity contribution in [1.29, 1.82) is 0 Å². The Kier molecular flexibility index (Phi) is 5.30. The van der Waals surface area contributed by atoms with Crippen molar-refractivity contribution in [2.24, 2.45) is 0 Å². The van der Waals surface area contributed by atoms with E-state index < -0.39 is 5.97 Å². The number of pyridine rings is 1. The monoisotopic (exact) mass is 314 g/mol. The SMILES string of the molecule is CCOc1ncccc1C(=O)Nc1cccc(C(=O)OC)c1C. The van der Waals surface area contributed by atoms with Gasteiger partial charge in [0.05, 0.1) is 19.3 Å². The van der Waals surface area contributed by atoms with E-state index in [-0.39, 0.29) is 11.8 Å². The third-order valence-electron chi connectivity index (χ3n) is 3.28. The van der Waals surface area contributed by atoms with Crippen molar-refractivity contribution in [2.45, 2.75) is 13.8 Å². The van der Waals surface area contributed by atoms with E-state index in [4.69, 9.17) is 9.47 Å². The fraction of sp³-hybridized carbons (Fsp3) is 0.235. The lowest BCUT2D eigenvalue weighted by Crippen LogP contribution is -2.16. The molecule has 0 saturated carbocycles. The molecule has 120 valence electrons. The summed E-state index contributed by atoms with van der Waals surface area (Å²) >= 11 is 0. The summed E-state index contributed by atoms with van der Waals surface area (Å²) in [5.74, 6) is -0.532. The number of nitrogens with one attached hydrogen (secondary N) is 1. The molecule has 0 radical (unpaired) electrons. The lowest BCUT2D eigenvalue weighted by molar-refractivity contribution is 0.0599. The summed E-state index contributed by atoms with van der Waals surface area (Å²) in [6.45, 7) is 3.98. The van der Waals surface area contributed by atoms with Crippen molar-refractivity contribution in [1.82, 2.24) is 4.98 Å². The Balaban J connectivity index is 2.29. The Labute approximate surface area is 134 Å². The maximum atomic E-state index is 12.5. The standard InChI is InChI=1S/C17H18N2O4/c1-4-23-16-13(8-6-10-18-16)15(20)19-14-9-5-7-12(11(14)2)17(21)22-3/h5-10H,4H2,1-3H3,(H,19,20). The molecule has 0 aliphatic rings. The number of carbonyl (C=O) groups is 2. The maximum Gasteiger partial charge on any atom is 0.338 e. The van der Waals surface area contributed by atoms with Crippen LogP contribution in [0, 0.1) is 6.92 Å². The number of rotatable bonds is 5. The second kappa shape index (κ2) is 7.40. The number of nitrogens with zero attached hydrogens (tertiary/aromatic N) is 1. The minimum atomic E-state index is -0.449. The number of benzene rings is 1. The van der Waals surface area contributed by atoms with Crippen LogP contribution < -0.4 is 10.1 Å². The topological polar surface area (TPSA) is 77.5 Å². The molecule has 0 fully saturated rings. The quantitative estimate of drug-likeness (QED) is 0.859. The fourth-order valence-corrected chi connectivity index (χ4v) is 2.11. The predicted octanol–water partition coefficient (Wildman–Crippen LogP) is 2.83. The molecule has 0 atom stereocenters. The summed E-state index contributed by atoms with van der Waals surface area (Å²) in [6.07, 6.45) is 1.56. The molecule has 1 aromatic heterocycles. The van der Waals surface area contributed by atoms with Crippen molar-refractivity contribution < 1.29 is 19.1 Å². The predicted molar refractivity (Wildman–Crippen MR) is 85.9 cm³/mol. The molecule has 2 rings (SSSR count). The van der Waals surface area contributed by atoms with E-state index in [1.165, 1.54) is 7.11 Å². The van der Waals surface area contributed by atoms with Gasteiger partial charge in [-0.2, -0.15) is 0 Å². The molecule has 0 spiro atoms. The second-order valence-electron chi connectivity index (χ2n) is 4.71. The Morgan fingerprint density at radius 3 is 2.61 bits per heavy atom. The summed E-state index contributed by atoms with van der Waals surface area (Å²) < 4.78 is 10.1. The molecular formula is C17H18N2O4. The van der Waals surface area contributed by atoms with E-state index in [1.54, 1.807) is 43.5 Å². The molecule has 2 aromatic rings. The van der Waals surface area contributed by atoms with Gasteiger partial charge < -0.3 is 14.8 Å². The van der Waals surface area contributed by atoms with Gasteiger partial charge in [-0.3, -0.25) is 4.79 Å². The zero-order valence-corrected chi connectivity index (χ0v) is 13.3. The van der Waals surface area contributed by atoms with Crippen molar-refractivity contribution in [3.8, 4) is 5.88 Å². The molecular weight excluding hydrogens is 296 g/mol. The Morgan fingerprint density at radius 2 is 1.91 bits per heavy atom. The lowest BCUT2D eigenvalue weighted by Gasteiger charge is -2.13. The second-order valence-corrected chi connectivity index (χ2v) is 4.71. The van der Waals surface area contributed by atoms with Gasteiger partial charge in [0.2, 0.25) is 5.88 Å². The van der Waals surface area contributed by atoms with Crippen LogP contribution in [0.15, 0.2) is 36.5 Å². The Bertz CT molecular complexity index is 728. The molecule has 0 aliphatic heterocycles. The van der Waals surface area contributed by atoms with Gasteiger partial charge in [-0.15, -0.1) is 0 Å². The highest BCUT2D eigenvalue weighted by atomic mass is 16.5. The third kappa shape index (κ3) is 3.66. The van der Waals surface area contributed by atoms with Gasteiger partial charge in [0.1, 0.15) is 5.56 Å². The lowest BCUT2D eigenvalue weighted by atomic mass is 10.1. The summed E-state index contributed by atoms with van der Waals surface area (Å²) in [4.78, 5) is 28.2. The number of ether oxygens (including phenoxy) is 2. The van der Waals surface area contributed by atoms with Crippen LogP contribution in [0.1, 0.15) is 33.2 Å². The van der Waals surface area contributed by atoms with Crippen LogP contribution in [-0.4, -0.2) is 30.6 Å². The molecule has 1 N–H and O–H groups in total. The smallest absolute Gasteiger partial charge is 0.338 e. The van der Waals surface area contributed by atoms with Gasteiger partial charge in [0.25, 0.3) is 5.91 Å².